The second-order valence-electron chi connectivity index (χ2n) is 9.32. The van der Waals surface area contributed by atoms with E-state index in [1.54, 1.807) is 24.3 Å². The molecule has 0 aliphatic heterocycles. The quantitative estimate of drug-likeness (QED) is 0.225. The molecule has 4 aromatic carbocycles. The van der Waals surface area contributed by atoms with Crippen LogP contribution in [0.3, 0.4) is 0 Å². The third kappa shape index (κ3) is 7.71. The molecule has 236 valence electrons. The van der Waals surface area contributed by atoms with Crippen molar-refractivity contribution in [2.24, 2.45) is 0 Å². The van der Waals surface area contributed by atoms with Gasteiger partial charge in [0.1, 0.15) is 5.75 Å². The summed E-state index contributed by atoms with van der Waals surface area (Å²) in [7, 11) is -5.68. The van der Waals surface area contributed by atoms with E-state index in [4.69, 9.17) is 4.74 Å². The van der Waals surface area contributed by atoms with Gasteiger partial charge in [0, 0.05) is 23.9 Å². The molecule has 0 bridgehead atoms. The van der Waals surface area contributed by atoms with E-state index in [-0.39, 0.29) is 21.7 Å². The lowest BCUT2D eigenvalue weighted by Crippen LogP contribution is -2.41. The summed E-state index contributed by atoms with van der Waals surface area (Å²) in [6, 6.07) is 19.5. The third-order valence-electron chi connectivity index (χ3n) is 6.33. The number of hydrogen-bond acceptors (Lipinski definition) is 7. The number of halogens is 3. The number of methoxy groups -OCH3 is 1. The zero-order chi connectivity index (χ0) is 33.0. The molecule has 0 saturated heterocycles. The summed E-state index contributed by atoms with van der Waals surface area (Å²) in [5.41, 5.74) is 2.88. The molecule has 0 unspecified atom stereocenters. The molecule has 2 amide bonds. The van der Waals surface area contributed by atoms with Crippen molar-refractivity contribution >= 4 is 43.2 Å². The topological polar surface area (TPSA) is 151 Å². The summed E-state index contributed by atoms with van der Waals surface area (Å²) in [6.45, 7) is 0. The number of carbonyl (C=O) groups excluding carboxylic acids is 2. The Morgan fingerprint density at radius 3 is 1.82 bits per heavy atom. The van der Waals surface area contributed by atoms with E-state index in [0.29, 0.717) is 17.5 Å². The van der Waals surface area contributed by atoms with E-state index in [0.717, 1.165) is 40.7 Å². The van der Waals surface area contributed by atoms with E-state index in [1.807, 2.05) is 4.72 Å². The van der Waals surface area contributed by atoms with Gasteiger partial charge in [-0.15, -0.1) is 0 Å². The monoisotopic (exact) mass is 662 g/mol. The van der Waals surface area contributed by atoms with Crippen molar-refractivity contribution in [1.29, 1.82) is 0 Å². The number of benzene rings is 4. The van der Waals surface area contributed by atoms with Gasteiger partial charge >= 0.3 is 6.18 Å². The van der Waals surface area contributed by atoms with Crippen LogP contribution in [0, 0.1) is 0 Å². The molecule has 0 aliphatic carbocycles. The minimum atomic E-state index is -4.69. The number of anilines is 2. The van der Waals surface area contributed by atoms with Crippen LogP contribution in [0.1, 0.15) is 26.3 Å². The second-order valence-corrected chi connectivity index (χ2v) is 13.0. The number of rotatable bonds is 9. The van der Waals surface area contributed by atoms with Crippen LogP contribution in [-0.4, -0.2) is 42.8 Å². The Morgan fingerprint density at radius 2 is 1.27 bits per heavy atom. The Morgan fingerprint density at radius 1 is 0.733 bits per heavy atom. The standard InChI is InChI=1S/C29H25F3N4O7S2/c1-36(23-12-14-24(43-2)15-13-23)45(41,42)26-11-4-7-20(17-26)28(38)34-33-27(37)19-6-3-10-25(16-19)44(39,40)35-22-9-5-8-21(18-22)29(30,31)32/h3-18,35H,1-2H3,(H,33,37)(H,34,38). The highest BCUT2D eigenvalue weighted by Gasteiger charge is 2.31. The molecule has 0 saturated carbocycles. The minimum absolute atomic E-state index is 0.110. The van der Waals surface area contributed by atoms with Gasteiger partial charge in [-0.2, -0.15) is 13.2 Å². The molecular weight excluding hydrogens is 637 g/mol. The van der Waals surface area contributed by atoms with Gasteiger partial charge < -0.3 is 4.74 Å². The first-order valence-electron chi connectivity index (χ1n) is 12.8. The molecule has 4 aromatic rings. The second kappa shape index (κ2) is 12.9. The molecule has 3 N–H and O–H groups in total. The van der Waals surface area contributed by atoms with E-state index in [1.165, 1.54) is 44.5 Å². The molecule has 16 heteroatoms. The average Bonchev–Trinajstić information content (AvgIpc) is 3.02. The minimum Gasteiger partial charge on any atom is -0.497 e. The summed E-state index contributed by atoms with van der Waals surface area (Å²) in [5, 5.41) is 0. The maximum Gasteiger partial charge on any atom is 0.416 e. The molecule has 0 fully saturated rings. The Kier molecular flexibility index (Phi) is 9.39. The lowest BCUT2D eigenvalue weighted by atomic mass is 10.2. The summed E-state index contributed by atoms with van der Waals surface area (Å²) in [4.78, 5) is 24.8. The van der Waals surface area contributed by atoms with Crippen molar-refractivity contribution < 1.29 is 44.3 Å². The molecule has 45 heavy (non-hydrogen) atoms. The van der Waals surface area contributed by atoms with Gasteiger partial charge in [0.25, 0.3) is 31.9 Å². The van der Waals surface area contributed by atoms with Crippen molar-refractivity contribution in [2.45, 2.75) is 16.0 Å². The number of hydrazine groups is 1. The molecule has 0 spiro atoms. The highest BCUT2D eigenvalue weighted by atomic mass is 32.2. The summed E-state index contributed by atoms with van der Waals surface area (Å²) in [5.74, 6) is -1.27. The highest BCUT2D eigenvalue weighted by molar-refractivity contribution is 7.93. The van der Waals surface area contributed by atoms with Gasteiger partial charge in [0.2, 0.25) is 0 Å². The van der Waals surface area contributed by atoms with Gasteiger partial charge in [0.15, 0.2) is 0 Å². The lowest BCUT2D eigenvalue weighted by Gasteiger charge is -2.20. The predicted molar refractivity (Wildman–Crippen MR) is 159 cm³/mol. The number of carbonyl (C=O) groups is 2. The number of ether oxygens (including phenoxy) is 1. The van der Waals surface area contributed by atoms with Gasteiger partial charge in [0.05, 0.1) is 28.2 Å². The van der Waals surface area contributed by atoms with E-state index in [9.17, 15) is 39.6 Å². The first-order chi connectivity index (χ1) is 21.1. The fourth-order valence-electron chi connectivity index (χ4n) is 3.92. The average molecular weight is 663 g/mol. The Balaban J connectivity index is 1.44. The molecule has 0 aromatic heterocycles. The first-order valence-corrected chi connectivity index (χ1v) is 15.7. The van der Waals surface area contributed by atoms with Crippen LogP contribution in [0.25, 0.3) is 0 Å². The van der Waals surface area contributed by atoms with E-state index < -0.39 is 48.5 Å². The summed E-state index contributed by atoms with van der Waals surface area (Å²) >= 11 is 0. The smallest absolute Gasteiger partial charge is 0.416 e. The number of sulfonamides is 2. The molecular formula is C29H25F3N4O7S2. The van der Waals surface area contributed by atoms with Crippen molar-refractivity contribution in [2.75, 3.05) is 23.2 Å². The summed E-state index contributed by atoms with van der Waals surface area (Å²) in [6.07, 6.45) is -4.69. The molecule has 4 rings (SSSR count). The number of nitrogens with one attached hydrogen (secondary N) is 3. The van der Waals surface area contributed by atoms with Crippen molar-refractivity contribution in [3.05, 3.63) is 114 Å². The maximum absolute atomic E-state index is 13.2. The Hall–Kier alpha value is -5.09. The van der Waals surface area contributed by atoms with Crippen LogP contribution in [-0.2, 0) is 26.2 Å². The van der Waals surface area contributed by atoms with Crippen LogP contribution in [0.2, 0.25) is 0 Å². The highest BCUT2D eigenvalue weighted by Crippen LogP contribution is 2.31. The van der Waals surface area contributed by atoms with Gasteiger partial charge in [-0.3, -0.25) is 29.5 Å². The third-order valence-corrected chi connectivity index (χ3v) is 9.49. The van der Waals surface area contributed by atoms with E-state index in [2.05, 4.69) is 10.9 Å². The number of hydrogen-bond donors (Lipinski definition) is 3. The van der Waals surface area contributed by atoms with Crippen LogP contribution < -0.4 is 24.6 Å². The van der Waals surface area contributed by atoms with Gasteiger partial charge in [-0.1, -0.05) is 18.2 Å². The molecule has 0 atom stereocenters. The van der Waals surface area contributed by atoms with Crippen LogP contribution in [0.5, 0.6) is 5.75 Å². The molecule has 0 aliphatic rings. The lowest BCUT2D eigenvalue weighted by molar-refractivity contribution is -0.137. The van der Waals surface area contributed by atoms with Crippen molar-refractivity contribution in [1.82, 2.24) is 10.9 Å². The van der Waals surface area contributed by atoms with Gasteiger partial charge in [-0.25, -0.2) is 16.8 Å². The fraction of sp³-hybridized carbons (Fsp3) is 0.103. The number of amides is 2. The van der Waals surface area contributed by atoms with E-state index >= 15 is 0 Å². The molecule has 0 radical (unpaired) electrons. The van der Waals surface area contributed by atoms with Crippen LogP contribution in [0.4, 0.5) is 24.5 Å². The molecule has 0 heterocycles. The summed E-state index contributed by atoms with van der Waals surface area (Å²) < 4.78 is 99.2. The Labute approximate surface area is 256 Å². The maximum atomic E-state index is 13.2. The van der Waals surface area contributed by atoms with Crippen molar-refractivity contribution in [3.8, 4) is 5.75 Å². The van der Waals surface area contributed by atoms with Crippen LogP contribution in [0.15, 0.2) is 107 Å². The van der Waals surface area contributed by atoms with Crippen molar-refractivity contribution in [3.63, 3.8) is 0 Å². The predicted octanol–water partition coefficient (Wildman–Crippen LogP) is 4.41. The molecule has 11 nitrogen and oxygen atoms in total. The Bertz CT molecular complexity index is 1950. The first kappa shape index (κ1) is 32.8. The van der Waals surface area contributed by atoms with Gasteiger partial charge in [-0.05, 0) is 78.9 Å². The van der Waals surface area contributed by atoms with Crippen LogP contribution >= 0.6 is 0 Å². The number of alkyl halides is 3. The fourth-order valence-corrected chi connectivity index (χ4v) is 6.26. The largest absolute Gasteiger partial charge is 0.497 e. The SMILES string of the molecule is COc1ccc(N(C)S(=O)(=O)c2cccc(C(=O)NNC(=O)c3cccc(S(=O)(=O)Nc4cccc(C(F)(F)F)c4)c3)c2)cc1. The zero-order valence-electron chi connectivity index (χ0n) is 23.5. The number of nitrogens with zero attached hydrogens (tertiary/aromatic N) is 1. The normalized spacial score (nSPS) is 11.8. The zero-order valence-corrected chi connectivity index (χ0v) is 25.1.